The van der Waals surface area contributed by atoms with E-state index in [4.69, 9.17) is 19.7 Å². The van der Waals surface area contributed by atoms with Crippen LogP contribution >= 0.6 is 0 Å². The van der Waals surface area contributed by atoms with Crippen LogP contribution in [0.3, 0.4) is 0 Å². The van der Waals surface area contributed by atoms with E-state index in [1.54, 1.807) is 24.3 Å². The second-order valence-electron chi connectivity index (χ2n) is 10.3. The molecular formula is C32H34N4O8S. The van der Waals surface area contributed by atoms with E-state index in [0.717, 1.165) is 17.4 Å². The summed E-state index contributed by atoms with van der Waals surface area (Å²) in [4.78, 5) is 41.8. The summed E-state index contributed by atoms with van der Waals surface area (Å²) in [5.74, 6) is -0.0697. The minimum absolute atomic E-state index is 0.0564. The van der Waals surface area contributed by atoms with Gasteiger partial charge in [0, 0.05) is 6.26 Å². The molecule has 1 aromatic heterocycles. The molecule has 4 rings (SSSR count). The predicted octanol–water partition coefficient (Wildman–Crippen LogP) is 3.99. The van der Waals surface area contributed by atoms with Crippen molar-refractivity contribution < 1.29 is 36.8 Å². The third-order valence-corrected chi connectivity index (χ3v) is 7.89. The number of ether oxygens (including phenoxy) is 2. The Hall–Kier alpha value is -4.88. The molecule has 2 unspecified atom stereocenters. The number of nitrogens with one attached hydrogen (secondary N) is 1. The van der Waals surface area contributed by atoms with E-state index < -0.39 is 33.9 Å². The lowest BCUT2D eigenvalue weighted by molar-refractivity contribution is -0.113. The first-order chi connectivity index (χ1) is 21.7. The van der Waals surface area contributed by atoms with Crippen molar-refractivity contribution in [3.63, 3.8) is 0 Å². The summed E-state index contributed by atoms with van der Waals surface area (Å²) in [5.41, 5.74) is 7.68. The van der Waals surface area contributed by atoms with Crippen molar-refractivity contribution in [2.24, 2.45) is 5.73 Å². The molecule has 236 valence electrons. The first-order valence-corrected chi connectivity index (χ1v) is 16.1. The number of aldehydes is 1. The van der Waals surface area contributed by atoms with Crippen LogP contribution < -0.4 is 15.8 Å². The zero-order valence-electron chi connectivity index (χ0n) is 24.6. The number of aromatic nitrogens is 2. The Balaban J connectivity index is 1.35. The number of hydrogen-bond donors (Lipinski definition) is 2. The average Bonchev–Trinajstić information content (AvgIpc) is 3.51. The van der Waals surface area contributed by atoms with Gasteiger partial charge in [0.05, 0.1) is 17.4 Å². The Morgan fingerprint density at radius 3 is 2.33 bits per heavy atom. The molecule has 3 aromatic carbocycles. The van der Waals surface area contributed by atoms with Crippen LogP contribution in [-0.4, -0.2) is 55.6 Å². The molecule has 0 saturated heterocycles. The summed E-state index contributed by atoms with van der Waals surface area (Å²) in [6.45, 7) is 0.505. The maximum Gasteiger partial charge on any atom is 0.408 e. The molecule has 0 fully saturated rings. The Morgan fingerprint density at radius 1 is 0.978 bits per heavy atom. The number of carbonyl (C=O) groups excluding carboxylic acids is 3. The van der Waals surface area contributed by atoms with Crippen LogP contribution in [0.2, 0.25) is 0 Å². The molecule has 0 aliphatic rings. The lowest BCUT2D eigenvalue weighted by Crippen LogP contribution is -2.41. The van der Waals surface area contributed by atoms with Gasteiger partial charge in [-0.2, -0.15) is 4.98 Å². The minimum Gasteiger partial charge on any atom is -0.478 e. The van der Waals surface area contributed by atoms with E-state index in [-0.39, 0.29) is 29.6 Å². The van der Waals surface area contributed by atoms with Gasteiger partial charge >= 0.3 is 6.09 Å². The normalized spacial score (nSPS) is 12.6. The molecule has 1 amide bonds. The number of alkyl carbamates (subject to hydrolysis) is 1. The van der Waals surface area contributed by atoms with Gasteiger partial charge < -0.3 is 25.0 Å². The third-order valence-electron chi connectivity index (χ3n) is 6.76. The van der Waals surface area contributed by atoms with Crippen LogP contribution in [0.25, 0.3) is 0 Å². The quantitative estimate of drug-likeness (QED) is 0.103. The van der Waals surface area contributed by atoms with Crippen molar-refractivity contribution >= 4 is 28.0 Å². The Bertz CT molecular complexity index is 1670. The number of benzene rings is 3. The van der Waals surface area contributed by atoms with Gasteiger partial charge in [-0.1, -0.05) is 59.8 Å². The van der Waals surface area contributed by atoms with Crippen LogP contribution in [0.15, 0.2) is 88.3 Å². The number of unbranched alkanes of at least 4 members (excludes halogenated alkanes) is 1. The number of rotatable bonds is 16. The second-order valence-corrected chi connectivity index (χ2v) is 12.3. The summed E-state index contributed by atoms with van der Waals surface area (Å²) in [7, 11) is -3.36. The van der Waals surface area contributed by atoms with Crippen molar-refractivity contribution in [3.8, 4) is 5.75 Å². The molecule has 2 atom stereocenters. The number of nitrogens with zero attached hydrogens (tertiary/aromatic N) is 2. The minimum atomic E-state index is -3.36. The maximum absolute atomic E-state index is 13.2. The van der Waals surface area contributed by atoms with Gasteiger partial charge in [-0.15, -0.1) is 0 Å². The zero-order chi connectivity index (χ0) is 32.2. The topological polar surface area (TPSA) is 181 Å². The monoisotopic (exact) mass is 634 g/mol. The first-order valence-electron chi connectivity index (χ1n) is 14.2. The van der Waals surface area contributed by atoms with Crippen LogP contribution in [0.5, 0.6) is 5.75 Å². The summed E-state index contributed by atoms with van der Waals surface area (Å²) in [5, 5.41) is 6.44. The number of sulfone groups is 1. The Labute approximate surface area is 260 Å². The van der Waals surface area contributed by atoms with Gasteiger partial charge in [-0.25, -0.2) is 13.2 Å². The van der Waals surface area contributed by atoms with Crippen LogP contribution in [0.1, 0.15) is 58.6 Å². The molecule has 0 aliphatic heterocycles. The molecular weight excluding hydrogens is 600 g/mol. The van der Waals surface area contributed by atoms with Crippen molar-refractivity contribution in [1.82, 2.24) is 15.5 Å². The highest BCUT2D eigenvalue weighted by Crippen LogP contribution is 2.23. The maximum atomic E-state index is 13.2. The summed E-state index contributed by atoms with van der Waals surface area (Å²) in [6.07, 6.45) is 1.87. The van der Waals surface area contributed by atoms with E-state index in [9.17, 15) is 22.8 Å². The second kappa shape index (κ2) is 15.7. The van der Waals surface area contributed by atoms with E-state index in [1.807, 2.05) is 30.3 Å². The fraction of sp³-hybridized carbons (Fsp3) is 0.281. The van der Waals surface area contributed by atoms with Crippen LogP contribution in [0.4, 0.5) is 4.79 Å². The van der Waals surface area contributed by atoms with Crippen molar-refractivity contribution in [3.05, 3.63) is 107 Å². The van der Waals surface area contributed by atoms with E-state index >= 15 is 0 Å². The largest absolute Gasteiger partial charge is 0.478 e. The number of Topliss-reactive ketones (excluding diaryl/α,β-unsaturated/α-hetero) is 1. The summed E-state index contributed by atoms with van der Waals surface area (Å²) >= 11 is 0. The van der Waals surface area contributed by atoms with E-state index in [1.165, 1.54) is 24.3 Å². The molecule has 12 nitrogen and oxygen atoms in total. The van der Waals surface area contributed by atoms with E-state index in [0.29, 0.717) is 43.4 Å². The van der Waals surface area contributed by atoms with Gasteiger partial charge in [-0.3, -0.25) is 9.59 Å². The molecule has 45 heavy (non-hydrogen) atoms. The third kappa shape index (κ3) is 9.81. The number of carbonyl (C=O) groups is 3. The average molecular weight is 635 g/mol. The van der Waals surface area contributed by atoms with Gasteiger partial charge in [0.2, 0.25) is 17.5 Å². The fourth-order valence-electron chi connectivity index (χ4n) is 4.34. The first kappa shape index (κ1) is 33.0. The number of nitrogens with two attached hydrogens (primary N) is 1. The molecule has 0 radical (unpaired) electrons. The highest BCUT2D eigenvalue weighted by atomic mass is 32.2. The molecule has 13 heteroatoms. The van der Waals surface area contributed by atoms with Crippen molar-refractivity contribution in [1.29, 1.82) is 0 Å². The molecule has 0 saturated carbocycles. The van der Waals surface area contributed by atoms with Crippen LogP contribution in [0, 0.1) is 0 Å². The van der Waals surface area contributed by atoms with Gasteiger partial charge in [0.15, 0.2) is 22.2 Å². The smallest absolute Gasteiger partial charge is 0.408 e. The molecule has 0 spiro atoms. The van der Waals surface area contributed by atoms with Gasteiger partial charge in [-0.05, 0) is 66.8 Å². The molecule has 4 aromatic rings. The predicted molar refractivity (Wildman–Crippen MR) is 163 cm³/mol. The molecule has 3 N–H and O–H groups in total. The Kier molecular flexibility index (Phi) is 11.5. The highest BCUT2D eigenvalue weighted by molar-refractivity contribution is 7.90. The van der Waals surface area contributed by atoms with E-state index in [2.05, 4.69) is 15.5 Å². The van der Waals surface area contributed by atoms with Crippen molar-refractivity contribution in [2.45, 2.75) is 49.3 Å². The number of hydrogen-bond acceptors (Lipinski definition) is 11. The standard InChI is InChI=1S/C32H34N4O8S/c1-45(40,41)26-16-12-24(13-17-26)28(20-37)43-25-14-10-22(11-15-25)19-29-35-31(36-44-29)30(38)27(9-5-6-18-33)34-32(39)42-21-23-7-3-2-4-8-23/h2-4,7-8,10-17,20,27-28H,5-6,9,18-19,21,33H2,1H3,(H,34,39). The lowest BCUT2D eigenvalue weighted by Gasteiger charge is -2.16. The number of amides is 1. The van der Waals surface area contributed by atoms with Gasteiger partial charge in [0.1, 0.15) is 12.4 Å². The summed E-state index contributed by atoms with van der Waals surface area (Å²) < 4.78 is 39.8. The molecule has 0 bridgehead atoms. The zero-order valence-corrected chi connectivity index (χ0v) is 25.4. The van der Waals surface area contributed by atoms with Gasteiger partial charge in [0.25, 0.3) is 0 Å². The molecule has 1 heterocycles. The van der Waals surface area contributed by atoms with Crippen molar-refractivity contribution in [2.75, 3.05) is 12.8 Å². The Morgan fingerprint density at radius 2 is 1.69 bits per heavy atom. The van der Waals surface area contributed by atoms with Crippen LogP contribution in [-0.2, 0) is 32.4 Å². The fourth-order valence-corrected chi connectivity index (χ4v) is 4.97. The number of ketones is 1. The SMILES string of the molecule is CS(=O)(=O)c1ccc(C(C=O)Oc2ccc(Cc3nc(C(=O)C(CCCCN)NC(=O)OCc4ccccc4)no3)cc2)cc1. The lowest BCUT2D eigenvalue weighted by atomic mass is 10.0. The highest BCUT2D eigenvalue weighted by Gasteiger charge is 2.27. The summed E-state index contributed by atoms with van der Waals surface area (Å²) in [6, 6.07) is 21.0. The molecule has 0 aliphatic carbocycles.